The van der Waals surface area contributed by atoms with E-state index in [0.29, 0.717) is 0 Å². The van der Waals surface area contributed by atoms with Gasteiger partial charge in [0.2, 0.25) is 0 Å². The SMILES string of the molecule is c1ccc2c(c1)cc(-c1c3ccccc3c(-c3cc4c5ccccc5oc4c4c3oc3ccccc34)c3ccccc13)c1ccccc12. The molecule has 0 saturated carbocycles. The first-order valence-electron chi connectivity index (χ1n) is 16.4. The van der Waals surface area contributed by atoms with Crippen LogP contribution in [0.1, 0.15) is 0 Å². The van der Waals surface area contributed by atoms with Gasteiger partial charge in [-0.15, -0.1) is 0 Å². The number of benzene rings is 9. The first kappa shape index (κ1) is 25.8. The van der Waals surface area contributed by atoms with E-state index in [1.165, 1.54) is 59.8 Å². The summed E-state index contributed by atoms with van der Waals surface area (Å²) in [6.07, 6.45) is 0. The van der Waals surface area contributed by atoms with Gasteiger partial charge in [0.05, 0.1) is 5.39 Å². The number of para-hydroxylation sites is 2. The Hall–Kier alpha value is -6.38. The Bertz CT molecular complexity index is 3060. The summed E-state index contributed by atoms with van der Waals surface area (Å²) < 4.78 is 13.4. The van der Waals surface area contributed by atoms with E-state index in [2.05, 4.69) is 146 Å². The minimum absolute atomic E-state index is 0.849. The predicted molar refractivity (Wildman–Crippen MR) is 202 cm³/mol. The van der Waals surface area contributed by atoms with Crippen molar-refractivity contribution < 1.29 is 8.83 Å². The highest BCUT2D eigenvalue weighted by Crippen LogP contribution is 2.50. The molecule has 0 aliphatic heterocycles. The van der Waals surface area contributed by atoms with E-state index < -0.39 is 0 Å². The van der Waals surface area contributed by atoms with Crippen LogP contribution in [0.5, 0.6) is 0 Å². The molecule has 222 valence electrons. The van der Waals surface area contributed by atoms with Crippen LogP contribution in [0.25, 0.3) is 109 Å². The maximum absolute atomic E-state index is 6.80. The maximum atomic E-state index is 6.80. The standard InChI is InChI=1S/C46H26O2/c1-2-14-28-27(13-1)25-37(30-16-4-3-15-29(28)30)42-32-18-5-7-20-34(32)43(35-21-8-6-19-33(35)42)39-26-38-31-17-9-11-23-40(31)47-45(38)44-36-22-10-12-24-41(36)48-46(39)44/h1-26H. The van der Waals surface area contributed by atoms with Crippen LogP contribution in [-0.2, 0) is 0 Å². The molecule has 0 radical (unpaired) electrons. The molecule has 0 spiro atoms. The largest absolute Gasteiger partial charge is 0.455 e. The Morgan fingerprint density at radius 3 is 1.42 bits per heavy atom. The first-order valence-corrected chi connectivity index (χ1v) is 16.4. The van der Waals surface area contributed by atoms with Gasteiger partial charge in [0.25, 0.3) is 0 Å². The summed E-state index contributed by atoms with van der Waals surface area (Å²) in [6.45, 7) is 0. The second-order valence-electron chi connectivity index (χ2n) is 12.7. The van der Waals surface area contributed by atoms with Crippen molar-refractivity contribution >= 4 is 87.0 Å². The van der Waals surface area contributed by atoms with Crippen LogP contribution in [0.15, 0.2) is 167 Å². The van der Waals surface area contributed by atoms with Crippen molar-refractivity contribution in [2.24, 2.45) is 0 Å². The molecule has 0 amide bonds. The van der Waals surface area contributed by atoms with Gasteiger partial charge in [0, 0.05) is 27.3 Å². The van der Waals surface area contributed by atoms with Crippen molar-refractivity contribution in [3.63, 3.8) is 0 Å². The summed E-state index contributed by atoms with van der Waals surface area (Å²) >= 11 is 0. The van der Waals surface area contributed by atoms with Gasteiger partial charge in [-0.1, -0.05) is 133 Å². The fourth-order valence-electron chi connectivity index (χ4n) is 8.22. The van der Waals surface area contributed by atoms with Gasteiger partial charge >= 0.3 is 0 Å². The van der Waals surface area contributed by atoms with Crippen LogP contribution in [0.3, 0.4) is 0 Å². The molecule has 0 unspecified atom stereocenters. The summed E-state index contributed by atoms with van der Waals surface area (Å²) in [7, 11) is 0. The molecule has 0 aliphatic carbocycles. The van der Waals surface area contributed by atoms with E-state index in [0.717, 1.165) is 49.4 Å². The highest BCUT2D eigenvalue weighted by Gasteiger charge is 2.24. The fourth-order valence-corrected chi connectivity index (χ4v) is 8.22. The molecule has 9 aromatic carbocycles. The summed E-state index contributed by atoms with van der Waals surface area (Å²) in [4.78, 5) is 0. The number of rotatable bonds is 2. The lowest BCUT2D eigenvalue weighted by Gasteiger charge is -2.19. The minimum Gasteiger partial charge on any atom is -0.455 e. The van der Waals surface area contributed by atoms with Gasteiger partial charge < -0.3 is 8.83 Å². The summed E-state index contributed by atoms with van der Waals surface area (Å²) in [5.41, 5.74) is 8.19. The van der Waals surface area contributed by atoms with Gasteiger partial charge in [0.1, 0.15) is 22.3 Å². The van der Waals surface area contributed by atoms with Crippen molar-refractivity contribution in [3.05, 3.63) is 158 Å². The second-order valence-corrected chi connectivity index (χ2v) is 12.7. The van der Waals surface area contributed by atoms with Crippen LogP contribution in [0.2, 0.25) is 0 Å². The summed E-state index contributed by atoms with van der Waals surface area (Å²) in [6, 6.07) is 56.6. The Balaban J connectivity index is 1.35. The molecule has 0 N–H and O–H groups in total. The van der Waals surface area contributed by atoms with Gasteiger partial charge in [-0.2, -0.15) is 0 Å². The molecular weight excluding hydrogens is 585 g/mol. The third-order valence-electron chi connectivity index (χ3n) is 10.2. The Kier molecular flexibility index (Phi) is 5.14. The zero-order chi connectivity index (χ0) is 31.3. The summed E-state index contributed by atoms with van der Waals surface area (Å²) in [5, 5.41) is 14.1. The van der Waals surface area contributed by atoms with Crippen LogP contribution >= 0.6 is 0 Å². The smallest absolute Gasteiger partial charge is 0.147 e. The molecule has 2 nitrogen and oxygen atoms in total. The van der Waals surface area contributed by atoms with Crippen molar-refractivity contribution in [1.82, 2.24) is 0 Å². The lowest BCUT2D eigenvalue weighted by atomic mass is 9.83. The van der Waals surface area contributed by atoms with Crippen molar-refractivity contribution in [2.45, 2.75) is 0 Å². The van der Waals surface area contributed by atoms with Crippen LogP contribution in [0.4, 0.5) is 0 Å². The molecule has 0 fully saturated rings. The quantitative estimate of drug-likeness (QED) is 0.144. The normalized spacial score (nSPS) is 12.2. The third kappa shape index (κ3) is 3.41. The van der Waals surface area contributed by atoms with E-state index in [-0.39, 0.29) is 0 Å². The fraction of sp³-hybridized carbons (Fsp3) is 0. The molecule has 2 aromatic heterocycles. The van der Waals surface area contributed by atoms with Crippen LogP contribution < -0.4 is 0 Å². The molecule has 0 bridgehead atoms. The number of furan rings is 2. The molecule has 0 saturated heterocycles. The summed E-state index contributed by atoms with van der Waals surface area (Å²) in [5.74, 6) is 0. The number of fused-ring (bicyclic) bond motifs is 12. The first-order chi connectivity index (χ1) is 23.8. The van der Waals surface area contributed by atoms with Crippen molar-refractivity contribution in [3.8, 4) is 22.3 Å². The maximum Gasteiger partial charge on any atom is 0.147 e. The zero-order valence-electron chi connectivity index (χ0n) is 25.8. The van der Waals surface area contributed by atoms with E-state index in [1.807, 2.05) is 12.1 Å². The van der Waals surface area contributed by atoms with E-state index in [1.54, 1.807) is 0 Å². The molecule has 2 heteroatoms. The van der Waals surface area contributed by atoms with E-state index in [4.69, 9.17) is 8.83 Å². The predicted octanol–water partition coefficient (Wildman–Crippen LogP) is 13.4. The van der Waals surface area contributed by atoms with Crippen LogP contribution in [-0.4, -0.2) is 0 Å². The van der Waals surface area contributed by atoms with Gasteiger partial charge in [-0.3, -0.25) is 0 Å². The highest BCUT2D eigenvalue weighted by atomic mass is 16.3. The number of hydrogen-bond acceptors (Lipinski definition) is 2. The average Bonchev–Trinajstić information content (AvgIpc) is 3.72. The van der Waals surface area contributed by atoms with Crippen molar-refractivity contribution in [2.75, 3.05) is 0 Å². The molecular formula is C46H26O2. The zero-order valence-corrected chi connectivity index (χ0v) is 25.8. The molecule has 11 aromatic rings. The minimum atomic E-state index is 0.849. The van der Waals surface area contributed by atoms with E-state index >= 15 is 0 Å². The topological polar surface area (TPSA) is 26.3 Å². The Morgan fingerprint density at radius 1 is 0.292 bits per heavy atom. The monoisotopic (exact) mass is 610 g/mol. The second kappa shape index (κ2) is 9.57. The van der Waals surface area contributed by atoms with Crippen molar-refractivity contribution in [1.29, 1.82) is 0 Å². The Labute approximate surface area is 275 Å². The molecule has 48 heavy (non-hydrogen) atoms. The molecule has 0 aliphatic rings. The third-order valence-corrected chi connectivity index (χ3v) is 10.2. The number of hydrogen-bond donors (Lipinski definition) is 0. The lowest BCUT2D eigenvalue weighted by Crippen LogP contribution is -1.92. The van der Waals surface area contributed by atoms with Gasteiger partial charge in [-0.25, -0.2) is 0 Å². The molecule has 2 heterocycles. The lowest BCUT2D eigenvalue weighted by molar-refractivity contribution is 0.663. The molecule has 11 rings (SSSR count). The van der Waals surface area contributed by atoms with E-state index in [9.17, 15) is 0 Å². The Morgan fingerprint density at radius 2 is 0.750 bits per heavy atom. The van der Waals surface area contributed by atoms with Crippen LogP contribution in [0, 0.1) is 0 Å². The van der Waals surface area contributed by atoms with Gasteiger partial charge in [0.15, 0.2) is 0 Å². The highest BCUT2D eigenvalue weighted by molar-refractivity contribution is 6.31. The average molecular weight is 611 g/mol. The van der Waals surface area contributed by atoms with Gasteiger partial charge in [-0.05, 0) is 78.5 Å². The molecule has 0 atom stereocenters.